The molecule has 0 saturated heterocycles. The Morgan fingerprint density at radius 3 is 1.21 bits per heavy atom. The molecule has 0 saturated carbocycles. The molecular weight excluding hydrogens is 306 g/mol. The Bertz CT molecular complexity index is 393. The van der Waals surface area contributed by atoms with Crippen LogP contribution in [0.25, 0.3) is 0 Å². The molecule has 0 fully saturated rings. The van der Waals surface area contributed by atoms with Crippen LogP contribution in [0.4, 0.5) is 0 Å². The number of carbonyl (C=O) groups is 2. The van der Waals surface area contributed by atoms with E-state index in [9.17, 15) is 18.7 Å². The lowest BCUT2D eigenvalue weighted by Crippen LogP contribution is -2.23. The second kappa shape index (κ2) is 6.60. The summed E-state index contributed by atoms with van der Waals surface area (Å²) in [6.45, 7) is 0. The van der Waals surface area contributed by atoms with Gasteiger partial charge in [-0.05, 0) is 12.8 Å². The van der Waals surface area contributed by atoms with Crippen molar-refractivity contribution in [3.05, 3.63) is 0 Å². The molecule has 0 spiro atoms. The van der Waals surface area contributed by atoms with E-state index in [1.165, 1.54) is 0 Å². The normalized spacial score (nSPS) is 15.8. The number of hydrogen-bond donors (Lipinski definition) is 6. The fourth-order valence-corrected chi connectivity index (χ4v) is 2.99. The lowest BCUT2D eigenvalue weighted by atomic mass is 10.1. The summed E-state index contributed by atoms with van der Waals surface area (Å²) in [5, 5.41) is 17.2. The monoisotopic (exact) mass is 320 g/mol. The quantitative estimate of drug-likeness (QED) is 0.315. The number of rotatable bonds is 8. The van der Waals surface area contributed by atoms with Gasteiger partial charge >= 0.3 is 27.1 Å². The molecule has 0 aliphatic carbocycles. The summed E-state index contributed by atoms with van der Waals surface area (Å²) in [5.74, 6) is -3.51. The second-order valence-electron chi connectivity index (χ2n) is 3.82. The maximum absolute atomic E-state index is 10.8. The number of carboxylic acids is 2. The topological polar surface area (TPSA) is 190 Å². The minimum Gasteiger partial charge on any atom is -0.481 e. The van der Waals surface area contributed by atoms with Gasteiger partial charge in [-0.2, -0.15) is 0 Å². The minimum atomic E-state index is -4.90. The van der Waals surface area contributed by atoms with Crippen LogP contribution in [-0.4, -0.2) is 53.0 Å². The van der Waals surface area contributed by atoms with Crippen molar-refractivity contribution in [3.63, 3.8) is 0 Å². The third kappa shape index (κ3) is 6.29. The molecule has 2 unspecified atom stereocenters. The van der Waals surface area contributed by atoms with Gasteiger partial charge in [0, 0.05) is 0 Å². The molecule has 0 aromatic heterocycles. The molecule has 10 nitrogen and oxygen atoms in total. The average molecular weight is 320 g/mol. The predicted octanol–water partition coefficient (Wildman–Crippen LogP) is -0.581. The van der Waals surface area contributed by atoms with Crippen LogP contribution in [0.1, 0.15) is 19.3 Å². The highest BCUT2D eigenvalue weighted by Gasteiger charge is 2.38. The fourth-order valence-electron chi connectivity index (χ4n) is 1.38. The van der Waals surface area contributed by atoms with Crippen LogP contribution in [0, 0.1) is 0 Å². The molecule has 0 heterocycles. The number of carboxylic acid groups (broad SMARTS) is 2. The Labute approximate surface area is 107 Å². The van der Waals surface area contributed by atoms with Gasteiger partial charge in [-0.1, -0.05) is 6.42 Å². The zero-order valence-electron chi connectivity index (χ0n) is 9.49. The van der Waals surface area contributed by atoms with E-state index in [2.05, 4.69) is 0 Å². The van der Waals surface area contributed by atoms with Crippen molar-refractivity contribution in [3.8, 4) is 0 Å². The largest absolute Gasteiger partial charge is 0.481 e. The highest BCUT2D eigenvalue weighted by atomic mass is 31.2. The summed E-state index contributed by atoms with van der Waals surface area (Å²) >= 11 is 0. The Balaban J connectivity index is 4.65. The summed E-state index contributed by atoms with van der Waals surface area (Å²) in [6, 6.07) is 0. The van der Waals surface area contributed by atoms with Gasteiger partial charge in [-0.25, -0.2) is 0 Å². The summed E-state index contributed by atoms with van der Waals surface area (Å²) in [6.07, 6.45) is -1.52. The van der Waals surface area contributed by atoms with Crippen LogP contribution in [0.5, 0.6) is 0 Å². The molecule has 12 heteroatoms. The van der Waals surface area contributed by atoms with Crippen molar-refractivity contribution >= 4 is 27.1 Å². The second-order valence-corrected chi connectivity index (χ2v) is 7.42. The lowest BCUT2D eigenvalue weighted by Gasteiger charge is -2.16. The number of hydrogen-bond acceptors (Lipinski definition) is 4. The molecule has 0 rings (SSSR count). The van der Waals surface area contributed by atoms with E-state index in [0.717, 1.165) is 0 Å². The van der Waals surface area contributed by atoms with Gasteiger partial charge in [-0.15, -0.1) is 0 Å². The highest BCUT2D eigenvalue weighted by molar-refractivity contribution is 7.54. The first-order valence-electron chi connectivity index (χ1n) is 4.93. The van der Waals surface area contributed by atoms with Gasteiger partial charge < -0.3 is 29.8 Å². The molecule has 0 aliphatic heterocycles. The predicted molar refractivity (Wildman–Crippen MR) is 60.8 cm³/mol. The van der Waals surface area contributed by atoms with E-state index in [1.807, 2.05) is 0 Å². The summed E-state index contributed by atoms with van der Waals surface area (Å²) in [5.41, 5.74) is -4.03. The Hall–Kier alpha value is -0.760. The molecule has 0 aliphatic rings. The molecule has 0 aromatic carbocycles. The van der Waals surface area contributed by atoms with Crippen LogP contribution < -0.4 is 0 Å². The van der Waals surface area contributed by atoms with Crippen LogP contribution >= 0.6 is 15.2 Å². The molecule has 0 amide bonds. The van der Waals surface area contributed by atoms with E-state index in [0.29, 0.717) is 0 Å². The molecule has 6 N–H and O–H groups in total. The van der Waals surface area contributed by atoms with Crippen molar-refractivity contribution in [1.29, 1.82) is 0 Å². The summed E-state index contributed by atoms with van der Waals surface area (Å²) in [4.78, 5) is 56.2. The van der Waals surface area contributed by atoms with Gasteiger partial charge in [0.05, 0.1) is 0 Å². The zero-order valence-corrected chi connectivity index (χ0v) is 11.3. The summed E-state index contributed by atoms with van der Waals surface area (Å²) in [7, 11) is -9.79. The van der Waals surface area contributed by atoms with Crippen molar-refractivity contribution in [2.24, 2.45) is 0 Å². The van der Waals surface area contributed by atoms with E-state index < -0.39 is 51.3 Å². The smallest absolute Gasteiger partial charge is 0.339 e. The Morgan fingerprint density at radius 1 is 0.789 bits per heavy atom. The molecule has 112 valence electrons. The number of aliphatic carboxylic acids is 2. The van der Waals surface area contributed by atoms with Gasteiger partial charge in [0.15, 0.2) is 11.3 Å². The van der Waals surface area contributed by atoms with Crippen LogP contribution in [-0.2, 0) is 18.7 Å². The van der Waals surface area contributed by atoms with Crippen LogP contribution in [0.3, 0.4) is 0 Å². The maximum atomic E-state index is 10.8. The standard InChI is InChI=1S/C7H14O10P2/c8-6(9)4(18(12,13)14)2-1-3-5(7(10)11)19(15,16)17/h4-5H,1-3H2,(H,8,9)(H,10,11)(H2,12,13,14)(H2,15,16,17). The first kappa shape index (κ1) is 18.2. The fraction of sp³-hybridized carbons (Fsp3) is 0.714. The van der Waals surface area contributed by atoms with Gasteiger partial charge in [0.2, 0.25) is 0 Å². The zero-order chi connectivity index (χ0) is 15.4. The Morgan fingerprint density at radius 2 is 1.05 bits per heavy atom. The molecule has 19 heavy (non-hydrogen) atoms. The van der Waals surface area contributed by atoms with Gasteiger partial charge in [0.1, 0.15) is 0 Å². The van der Waals surface area contributed by atoms with E-state index in [-0.39, 0.29) is 6.42 Å². The van der Waals surface area contributed by atoms with Crippen molar-refractivity contribution in [2.75, 3.05) is 0 Å². The van der Waals surface area contributed by atoms with Gasteiger partial charge in [-0.3, -0.25) is 18.7 Å². The first-order chi connectivity index (χ1) is 8.37. The van der Waals surface area contributed by atoms with E-state index in [1.54, 1.807) is 0 Å². The molecule has 0 radical (unpaired) electrons. The Kier molecular flexibility index (Phi) is 6.34. The molecule has 0 aromatic rings. The molecule has 2 atom stereocenters. The third-order valence-electron chi connectivity index (χ3n) is 2.34. The summed E-state index contributed by atoms with van der Waals surface area (Å²) < 4.78 is 21.6. The van der Waals surface area contributed by atoms with Crippen LogP contribution in [0.15, 0.2) is 0 Å². The van der Waals surface area contributed by atoms with Crippen molar-refractivity contribution in [2.45, 2.75) is 30.6 Å². The van der Waals surface area contributed by atoms with Crippen LogP contribution in [0.2, 0.25) is 0 Å². The minimum absolute atomic E-state index is 0.357. The molecule has 0 bridgehead atoms. The maximum Gasteiger partial charge on any atom is 0.339 e. The average Bonchev–Trinajstić information content (AvgIpc) is 2.11. The lowest BCUT2D eigenvalue weighted by molar-refractivity contribution is -0.137. The van der Waals surface area contributed by atoms with E-state index >= 15 is 0 Å². The first-order valence-corrected chi connectivity index (χ1v) is 8.29. The van der Waals surface area contributed by atoms with E-state index in [4.69, 9.17) is 29.8 Å². The molecular formula is C7H14O10P2. The van der Waals surface area contributed by atoms with Crippen molar-refractivity contribution in [1.82, 2.24) is 0 Å². The van der Waals surface area contributed by atoms with Gasteiger partial charge in [0.25, 0.3) is 0 Å². The highest BCUT2D eigenvalue weighted by Crippen LogP contribution is 2.46. The third-order valence-corrected chi connectivity index (χ3v) is 4.92. The SMILES string of the molecule is O=C(O)C(CCCC(C(=O)O)P(=O)(O)O)P(=O)(O)O. The van der Waals surface area contributed by atoms with Crippen molar-refractivity contribution < 1.29 is 48.5 Å².